The second-order valence-electron chi connectivity index (χ2n) is 4.30. The Balaban J connectivity index is 2.42. The predicted molar refractivity (Wildman–Crippen MR) is 63.3 cm³/mol. The van der Waals surface area contributed by atoms with E-state index in [4.69, 9.17) is 5.11 Å². The number of amides is 1. The lowest BCUT2D eigenvalue weighted by Gasteiger charge is -2.18. The molecule has 0 spiro atoms. The molecule has 0 unspecified atom stereocenters. The van der Waals surface area contributed by atoms with E-state index in [9.17, 15) is 9.59 Å². The van der Waals surface area contributed by atoms with Crippen molar-refractivity contribution in [2.45, 2.75) is 19.8 Å². The largest absolute Gasteiger partial charge is 0.478 e. The maximum Gasteiger partial charge on any atom is 0.336 e. The minimum absolute atomic E-state index is 0.0990. The zero-order chi connectivity index (χ0) is 12.4. The second kappa shape index (κ2) is 4.57. The summed E-state index contributed by atoms with van der Waals surface area (Å²) in [4.78, 5) is 25.1. The van der Waals surface area contributed by atoms with Crippen molar-refractivity contribution in [2.24, 2.45) is 0 Å². The van der Waals surface area contributed by atoms with E-state index >= 15 is 0 Å². The van der Waals surface area contributed by atoms with Crippen molar-refractivity contribution in [3.8, 4) is 0 Å². The lowest BCUT2D eigenvalue weighted by molar-refractivity contribution is 0.0681. The second-order valence-corrected chi connectivity index (χ2v) is 4.30. The van der Waals surface area contributed by atoms with Crippen LogP contribution in [0.1, 0.15) is 39.1 Å². The predicted octanol–water partition coefficient (Wildman–Crippen LogP) is 1.93. The summed E-state index contributed by atoms with van der Waals surface area (Å²) < 4.78 is 0. The van der Waals surface area contributed by atoms with Gasteiger partial charge in [0.15, 0.2) is 0 Å². The topological polar surface area (TPSA) is 57.6 Å². The third-order valence-electron chi connectivity index (χ3n) is 3.11. The summed E-state index contributed by atoms with van der Waals surface area (Å²) in [7, 11) is 0. The SMILES string of the molecule is Cc1cccc(C(=O)O)c1C(=O)N1CCCC1. The average Bonchev–Trinajstić information content (AvgIpc) is 2.81. The van der Waals surface area contributed by atoms with E-state index in [2.05, 4.69) is 0 Å². The number of hydrogen-bond acceptors (Lipinski definition) is 2. The van der Waals surface area contributed by atoms with Gasteiger partial charge in [-0.15, -0.1) is 0 Å². The van der Waals surface area contributed by atoms with Crippen molar-refractivity contribution in [1.29, 1.82) is 0 Å². The monoisotopic (exact) mass is 233 g/mol. The third-order valence-corrected chi connectivity index (χ3v) is 3.11. The van der Waals surface area contributed by atoms with Crippen LogP contribution in [0, 0.1) is 6.92 Å². The van der Waals surface area contributed by atoms with Crippen molar-refractivity contribution in [3.05, 3.63) is 34.9 Å². The minimum atomic E-state index is -1.05. The third kappa shape index (κ3) is 2.16. The van der Waals surface area contributed by atoms with E-state index in [1.807, 2.05) is 0 Å². The Labute approximate surface area is 99.9 Å². The van der Waals surface area contributed by atoms with Gasteiger partial charge in [-0.1, -0.05) is 12.1 Å². The van der Waals surface area contributed by atoms with E-state index < -0.39 is 5.97 Å². The maximum atomic E-state index is 12.3. The van der Waals surface area contributed by atoms with Gasteiger partial charge < -0.3 is 10.0 Å². The molecule has 1 aromatic rings. The van der Waals surface area contributed by atoms with E-state index in [0.717, 1.165) is 31.5 Å². The molecule has 4 nitrogen and oxygen atoms in total. The van der Waals surface area contributed by atoms with E-state index in [-0.39, 0.29) is 11.5 Å². The van der Waals surface area contributed by atoms with Crippen LogP contribution in [0.5, 0.6) is 0 Å². The Bertz CT molecular complexity index is 462. The number of aromatic carboxylic acids is 1. The number of hydrogen-bond donors (Lipinski definition) is 1. The Morgan fingerprint density at radius 1 is 1.24 bits per heavy atom. The van der Waals surface area contributed by atoms with Crippen LogP contribution >= 0.6 is 0 Å². The number of likely N-dealkylation sites (tertiary alicyclic amines) is 1. The molecule has 2 rings (SSSR count). The molecule has 0 aliphatic carbocycles. The fourth-order valence-corrected chi connectivity index (χ4v) is 2.21. The van der Waals surface area contributed by atoms with Gasteiger partial charge in [-0.3, -0.25) is 4.79 Å². The summed E-state index contributed by atoms with van der Waals surface area (Å²) >= 11 is 0. The van der Waals surface area contributed by atoms with Crippen LogP contribution in [0.3, 0.4) is 0 Å². The van der Waals surface area contributed by atoms with Crippen molar-refractivity contribution < 1.29 is 14.7 Å². The van der Waals surface area contributed by atoms with Gasteiger partial charge in [0.05, 0.1) is 11.1 Å². The Kier molecular flexibility index (Phi) is 3.13. The molecule has 0 atom stereocenters. The molecule has 1 fully saturated rings. The molecule has 0 bridgehead atoms. The number of rotatable bonds is 2. The molecule has 1 aromatic carbocycles. The molecule has 1 N–H and O–H groups in total. The first kappa shape index (κ1) is 11.6. The average molecular weight is 233 g/mol. The number of carboxylic acids is 1. The smallest absolute Gasteiger partial charge is 0.336 e. The molecule has 0 saturated carbocycles. The standard InChI is InChI=1S/C13H15NO3/c1-9-5-4-6-10(13(16)17)11(9)12(15)14-7-2-3-8-14/h4-6H,2-3,7-8H2,1H3,(H,16,17). The first-order valence-electron chi connectivity index (χ1n) is 5.73. The number of carbonyl (C=O) groups excluding carboxylic acids is 1. The number of nitrogens with zero attached hydrogens (tertiary/aromatic N) is 1. The van der Waals surface area contributed by atoms with Gasteiger partial charge in [0.25, 0.3) is 5.91 Å². The van der Waals surface area contributed by atoms with E-state index in [1.54, 1.807) is 24.0 Å². The molecule has 1 aliphatic heterocycles. The molecule has 1 amide bonds. The summed E-state index contributed by atoms with van der Waals surface area (Å²) in [6.45, 7) is 3.23. The van der Waals surface area contributed by atoms with Gasteiger partial charge in [0.1, 0.15) is 0 Å². The lowest BCUT2D eigenvalue weighted by atomic mass is 10.0. The van der Waals surface area contributed by atoms with E-state index in [0.29, 0.717) is 5.56 Å². The number of benzene rings is 1. The van der Waals surface area contributed by atoms with Crippen molar-refractivity contribution in [2.75, 3.05) is 13.1 Å². The zero-order valence-electron chi connectivity index (χ0n) is 9.77. The van der Waals surface area contributed by atoms with Crippen LogP contribution < -0.4 is 0 Å². The molecule has 0 aromatic heterocycles. The van der Waals surface area contributed by atoms with Crippen LogP contribution in [-0.4, -0.2) is 35.0 Å². The van der Waals surface area contributed by atoms with Crippen LogP contribution in [-0.2, 0) is 0 Å². The first-order valence-corrected chi connectivity index (χ1v) is 5.73. The van der Waals surface area contributed by atoms with Crippen LogP contribution in [0.2, 0.25) is 0 Å². The summed E-state index contributed by atoms with van der Waals surface area (Å²) in [5.41, 5.74) is 1.16. The molecular weight excluding hydrogens is 218 g/mol. The van der Waals surface area contributed by atoms with Crippen molar-refractivity contribution >= 4 is 11.9 Å². The van der Waals surface area contributed by atoms with Gasteiger partial charge in [-0.05, 0) is 31.4 Å². The molecule has 90 valence electrons. The molecule has 17 heavy (non-hydrogen) atoms. The van der Waals surface area contributed by atoms with Gasteiger partial charge in [-0.2, -0.15) is 0 Å². The fourth-order valence-electron chi connectivity index (χ4n) is 2.21. The van der Waals surface area contributed by atoms with Gasteiger partial charge >= 0.3 is 5.97 Å². The van der Waals surface area contributed by atoms with Gasteiger partial charge in [0.2, 0.25) is 0 Å². The van der Waals surface area contributed by atoms with Crippen LogP contribution in [0.15, 0.2) is 18.2 Å². The zero-order valence-corrected chi connectivity index (χ0v) is 9.77. The summed E-state index contributed by atoms with van der Waals surface area (Å²) in [5.74, 6) is -1.20. The molecular formula is C13H15NO3. The molecule has 1 saturated heterocycles. The summed E-state index contributed by atoms with van der Waals surface area (Å²) in [6.07, 6.45) is 2.00. The normalized spacial score (nSPS) is 15.0. The summed E-state index contributed by atoms with van der Waals surface area (Å²) in [6, 6.07) is 4.92. The highest BCUT2D eigenvalue weighted by Gasteiger charge is 2.25. The highest BCUT2D eigenvalue weighted by molar-refractivity contribution is 6.05. The highest BCUT2D eigenvalue weighted by Crippen LogP contribution is 2.19. The van der Waals surface area contributed by atoms with Crippen LogP contribution in [0.25, 0.3) is 0 Å². The minimum Gasteiger partial charge on any atom is -0.478 e. The lowest BCUT2D eigenvalue weighted by Crippen LogP contribution is -2.29. The molecule has 4 heteroatoms. The fraction of sp³-hybridized carbons (Fsp3) is 0.385. The maximum absolute atomic E-state index is 12.3. The van der Waals surface area contributed by atoms with E-state index in [1.165, 1.54) is 6.07 Å². The molecule has 1 aliphatic rings. The number of carbonyl (C=O) groups is 2. The number of carboxylic acid groups (broad SMARTS) is 1. The quantitative estimate of drug-likeness (QED) is 0.849. The molecule has 0 radical (unpaired) electrons. The molecule has 1 heterocycles. The number of aryl methyl sites for hydroxylation is 1. The first-order chi connectivity index (χ1) is 8.11. The van der Waals surface area contributed by atoms with Gasteiger partial charge in [-0.25, -0.2) is 4.79 Å². The summed E-state index contributed by atoms with van der Waals surface area (Å²) in [5, 5.41) is 9.11. The van der Waals surface area contributed by atoms with Crippen molar-refractivity contribution in [1.82, 2.24) is 4.90 Å². The Hall–Kier alpha value is -1.84. The van der Waals surface area contributed by atoms with Crippen LogP contribution in [0.4, 0.5) is 0 Å². The van der Waals surface area contributed by atoms with Gasteiger partial charge in [0, 0.05) is 13.1 Å². The van der Waals surface area contributed by atoms with Crippen molar-refractivity contribution in [3.63, 3.8) is 0 Å². The highest BCUT2D eigenvalue weighted by atomic mass is 16.4. The Morgan fingerprint density at radius 2 is 1.88 bits per heavy atom. The Morgan fingerprint density at radius 3 is 2.47 bits per heavy atom.